The minimum Gasteiger partial charge on any atom is -0.497 e. The number of hydrogen-bond donors (Lipinski definition) is 0. The van der Waals surface area contributed by atoms with E-state index < -0.39 is 0 Å². The average Bonchev–Trinajstić information content (AvgIpc) is 3.08. The molecule has 1 aromatic carbocycles. The van der Waals surface area contributed by atoms with E-state index in [-0.39, 0.29) is 17.8 Å². The highest BCUT2D eigenvalue weighted by Crippen LogP contribution is 2.24. The maximum Gasteiger partial charge on any atom is 0.332 e. The van der Waals surface area contributed by atoms with E-state index in [0.29, 0.717) is 17.1 Å². The monoisotopic (exact) mass is 397 g/mol. The fraction of sp³-hybridized carbons (Fsp3) is 0.476. The molecule has 0 saturated carbocycles. The number of hydrogen-bond acceptors (Lipinski definition) is 5. The van der Waals surface area contributed by atoms with Gasteiger partial charge >= 0.3 is 5.69 Å². The fourth-order valence-electron chi connectivity index (χ4n) is 3.98. The molecule has 29 heavy (non-hydrogen) atoms. The molecular formula is C21H27N5O3. The number of benzene rings is 1. The van der Waals surface area contributed by atoms with Gasteiger partial charge in [0.1, 0.15) is 5.75 Å². The molecule has 0 unspecified atom stereocenters. The molecular weight excluding hydrogens is 370 g/mol. The van der Waals surface area contributed by atoms with Crippen LogP contribution in [0.2, 0.25) is 0 Å². The van der Waals surface area contributed by atoms with Crippen molar-refractivity contribution < 1.29 is 4.74 Å². The summed E-state index contributed by atoms with van der Waals surface area (Å²) in [6, 6.07) is 7.36. The predicted octanol–water partition coefficient (Wildman–Crippen LogP) is 1.73. The second-order valence-electron chi connectivity index (χ2n) is 7.89. The lowest BCUT2D eigenvalue weighted by Crippen LogP contribution is -2.39. The first-order valence-electron chi connectivity index (χ1n) is 9.94. The zero-order chi connectivity index (χ0) is 20.7. The number of piperidine rings is 1. The van der Waals surface area contributed by atoms with E-state index in [1.54, 1.807) is 14.2 Å². The first-order valence-corrected chi connectivity index (χ1v) is 9.94. The van der Waals surface area contributed by atoms with E-state index in [0.717, 1.165) is 43.2 Å². The number of imidazole rings is 1. The van der Waals surface area contributed by atoms with Crippen molar-refractivity contribution in [3.63, 3.8) is 0 Å². The Hall–Kier alpha value is -3.03. The number of rotatable bonds is 4. The zero-order valence-electron chi connectivity index (χ0n) is 17.4. The molecule has 4 rings (SSSR count). The second kappa shape index (κ2) is 7.42. The molecule has 0 atom stereocenters. The molecule has 1 aliphatic rings. The Morgan fingerprint density at radius 1 is 1.07 bits per heavy atom. The summed E-state index contributed by atoms with van der Waals surface area (Å²) in [6.45, 7) is 4.28. The number of aryl methyl sites for hydroxylation is 2. The normalized spacial score (nSPS) is 15.2. The van der Waals surface area contributed by atoms with E-state index in [4.69, 9.17) is 4.74 Å². The van der Waals surface area contributed by atoms with E-state index in [1.165, 1.54) is 9.13 Å². The van der Waals surface area contributed by atoms with Gasteiger partial charge in [-0.25, -0.2) is 4.79 Å². The second-order valence-corrected chi connectivity index (χ2v) is 7.89. The Kier molecular flexibility index (Phi) is 4.94. The van der Waals surface area contributed by atoms with Crippen molar-refractivity contribution in [2.75, 3.05) is 25.1 Å². The van der Waals surface area contributed by atoms with Crippen LogP contribution in [-0.2, 0) is 20.6 Å². The van der Waals surface area contributed by atoms with Crippen molar-refractivity contribution in [1.29, 1.82) is 0 Å². The van der Waals surface area contributed by atoms with Gasteiger partial charge in [-0.2, -0.15) is 4.98 Å². The van der Waals surface area contributed by atoms with E-state index in [9.17, 15) is 9.59 Å². The van der Waals surface area contributed by atoms with Crippen LogP contribution in [0.5, 0.6) is 5.75 Å². The highest BCUT2D eigenvalue weighted by atomic mass is 16.5. The number of ether oxygens (including phenoxy) is 1. The molecule has 0 spiro atoms. The van der Waals surface area contributed by atoms with Gasteiger partial charge in [-0.1, -0.05) is 19.1 Å². The smallest absolute Gasteiger partial charge is 0.332 e. The lowest BCUT2D eigenvalue weighted by atomic mass is 10.00. The topological polar surface area (TPSA) is 74.3 Å². The molecule has 8 heteroatoms. The third-order valence-electron chi connectivity index (χ3n) is 5.90. The summed E-state index contributed by atoms with van der Waals surface area (Å²) in [7, 11) is 5.13. The van der Waals surface area contributed by atoms with Crippen molar-refractivity contribution in [3.05, 3.63) is 50.7 Å². The molecule has 8 nitrogen and oxygen atoms in total. The van der Waals surface area contributed by atoms with Gasteiger partial charge in [0, 0.05) is 27.2 Å². The average molecular weight is 397 g/mol. The summed E-state index contributed by atoms with van der Waals surface area (Å²) in [4.78, 5) is 33.0. The first-order chi connectivity index (χ1) is 13.9. The van der Waals surface area contributed by atoms with Crippen LogP contribution in [0.4, 0.5) is 5.95 Å². The zero-order valence-corrected chi connectivity index (χ0v) is 17.4. The molecule has 0 aliphatic carbocycles. The van der Waals surface area contributed by atoms with Crippen LogP contribution in [0.3, 0.4) is 0 Å². The lowest BCUT2D eigenvalue weighted by molar-refractivity contribution is 0.414. The van der Waals surface area contributed by atoms with Crippen LogP contribution < -0.4 is 20.9 Å². The Morgan fingerprint density at radius 3 is 2.34 bits per heavy atom. The Morgan fingerprint density at radius 2 is 1.72 bits per heavy atom. The Balaban J connectivity index is 1.79. The maximum absolute atomic E-state index is 13.2. The highest BCUT2D eigenvalue weighted by Gasteiger charge is 2.24. The predicted molar refractivity (Wildman–Crippen MR) is 113 cm³/mol. The van der Waals surface area contributed by atoms with Gasteiger partial charge in [0.25, 0.3) is 5.56 Å². The molecule has 2 aromatic heterocycles. The Labute approximate surface area is 169 Å². The summed E-state index contributed by atoms with van der Waals surface area (Å²) < 4.78 is 9.75. The summed E-state index contributed by atoms with van der Waals surface area (Å²) in [6.07, 6.45) is 2.20. The largest absolute Gasteiger partial charge is 0.497 e. The van der Waals surface area contributed by atoms with E-state index in [2.05, 4.69) is 16.8 Å². The van der Waals surface area contributed by atoms with Gasteiger partial charge < -0.3 is 14.2 Å². The third kappa shape index (κ3) is 3.32. The van der Waals surface area contributed by atoms with Gasteiger partial charge in [-0.15, -0.1) is 0 Å². The molecule has 0 bridgehead atoms. The minimum absolute atomic E-state index is 0.202. The van der Waals surface area contributed by atoms with Crippen LogP contribution >= 0.6 is 0 Å². The number of methoxy groups -OCH3 is 1. The van der Waals surface area contributed by atoms with E-state index >= 15 is 0 Å². The van der Waals surface area contributed by atoms with Gasteiger partial charge in [0.15, 0.2) is 11.2 Å². The SMILES string of the molecule is COc1ccc(Cn2c(=O)c3c(nc(N4CCC(C)CC4)n3C)n(C)c2=O)cc1. The van der Waals surface area contributed by atoms with Crippen LogP contribution in [0.25, 0.3) is 11.2 Å². The van der Waals surface area contributed by atoms with Crippen LogP contribution in [-0.4, -0.2) is 38.9 Å². The summed E-state index contributed by atoms with van der Waals surface area (Å²) >= 11 is 0. The van der Waals surface area contributed by atoms with E-state index in [1.807, 2.05) is 35.9 Å². The van der Waals surface area contributed by atoms with Gasteiger partial charge in [0.05, 0.1) is 13.7 Å². The van der Waals surface area contributed by atoms with Crippen LogP contribution in [0.15, 0.2) is 33.9 Å². The molecule has 0 amide bonds. The molecule has 0 radical (unpaired) electrons. The highest BCUT2D eigenvalue weighted by molar-refractivity contribution is 5.74. The van der Waals surface area contributed by atoms with Gasteiger partial charge in [-0.05, 0) is 36.5 Å². The summed E-state index contributed by atoms with van der Waals surface area (Å²) in [5.74, 6) is 2.18. The standard InChI is InChI=1S/C21H27N5O3/c1-14-9-11-25(12-10-14)20-22-18-17(23(20)2)19(27)26(21(28)24(18)3)13-15-5-7-16(29-4)8-6-15/h5-8,14H,9-13H2,1-4H3. The molecule has 3 aromatic rings. The maximum atomic E-state index is 13.2. The number of fused-ring (bicyclic) bond motifs is 1. The van der Waals surface area contributed by atoms with Crippen molar-refractivity contribution in [2.24, 2.45) is 20.0 Å². The third-order valence-corrected chi connectivity index (χ3v) is 5.90. The number of anilines is 1. The minimum atomic E-state index is -0.366. The molecule has 1 saturated heterocycles. The van der Waals surface area contributed by atoms with Crippen molar-refractivity contribution >= 4 is 17.1 Å². The molecule has 1 aliphatic heterocycles. The summed E-state index contributed by atoms with van der Waals surface area (Å²) in [5.41, 5.74) is 1.06. The molecule has 0 N–H and O–H groups in total. The quantitative estimate of drug-likeness (QED) is 0.670. The molecule has 3 heterocycles. The van der Waals surface area contributed by atoms with Crippen LogP contribution in [0.1, 0.15) is 25.3 Å². The van der Waals surface area contributed by atoms with Crippen molar-refractivity contribution in [2.45, 2.75) is 26.3 Å². The van der Waals surface area contributed by atoms with Crippen molar-refractivity contribution in [1.82, 2.24) is 18.7 Å². The first kappa shape index (κ1) is 19.3. The van der Waals surface area contributed by atoms with Gasteiger partial charge in [0.2, 0.25) is 5.95 Å². The van der Waals surface area contributed by atoms with Crippen molar-refractivity contribution in [3.8, 4) is 5.75 Å². The number of nitrogens with zero attached hydrogens (tertiary/aromatic N) is 5. The van der Waals surface area contributed by atoms with Gasteiger partial charge in [-0.3, -0.25) is 13.9 Å². The summed E-state index contributed by atoms with van der Waals surface area (Å²) in [5, 5.41) is 0. The fourth-order valence-corrected chi connectivity index (χ4v) is 3.98. The number of aromatic nitrogens is 4. The Bertz CT molecular complexity index is 1150. The van der Waals surface area contributed by atoms with Crippen LogP contribution in [0, 0.1) is 5.92 Å². The molecule has 1 fully saturated rings. The lowest BCUT2D eigenvalue weighted by Gasteiger charge is -2.30. The molecule has 154 valence electrons.